The van der Waals surface area contributed by atoms with Gasteiger partial charge in [-0.15, -0.1) is 11.3 Å². The number of carbonyl (C=O) groups is 1. The fourth-order valence-corrected chi connectivity index (χ4v) is 4.39. The van der Waals surface area contributed by atoms with Crippen molar-refractivity contribution in [2.75, 3.05) is 26.3 Å². The van der Waals surface area contributed by atoms with Gasteiger partial charge in [0.1, 0.15) is 10.8 Å². The Labute approximate surface area is 144 Å². The van der Waals surface area contributed by atoms with Crippen LogP contribution in [0.4, 0.5) is 0 Å². The van der Waals surface area contributed by atoms with Crippen LogP contribution in [-0.2, 0) is 22.6 Å². The summed E-state index contributed by atoms with van der Waals surface area (Å²) in [4.78, 5) is 19.4. The third-order valence-corrected chi connectivity index (χ3v) is 5.67. The number of nitrogens with zero attached hydrogens (tertiary/aromatic N) is 2. The fraction of sp³-hybridized carbons (Fsp3) is 0.529. The predicted octanol–water partition coefficient (Wildman–Crippen LogP) is 1.75. The molecule has 1 N–H and O–H groups in total. The number of rotatable bonds is 5. The van der Waals surface area contributed by atoms with Gasteiger partial charge in [0.25, 0.3) is 0 Å². The van der Waals surface area contributed by atoms with Gasteiger partial charge >= 0.3 is 0 Å². The van der Waals surface area contributed by atoms with Crippen molar-refractivity contribution in [3.8, 4) is 0 Å². The van der Waals surface area contributed by atoms with Gasteiger partial charge in [-0.3, -0.25) is 9.69 Å². The number of ether oxygens (including phenoxy) is 1. The molecule has 3 atom stereocenters. The van der Waals surface area contributed by atoms with Gasteiger partial charge in [0, 0.05) is 24.7 Å². The minimum absolute atomic E-state index is 0.0669. The Balaban J connectivity index is 1.36. The van der Waals surface area contributed by atoms with E-state index in [1.807, 2.05) is 23.7 Å². The van der Waals surface area contributed by atoms with E-state index in [9.17, 15) is 4.79 Å². The van der Waals surface area contributed by atoms with Crippen molar-refractivity contribution in [2.24, 2.45) is 17.8 Å². The lowest BCUT2D eigenvalue weighted by Gasteiger charge is -2.31. The molecule has 7 heteroatoms. The monoisotopic (exact) mass is 347 g/mol. The summed E-state index contributed by atoms with van der Waals surface area (Å²) in [5.41, 5.74) is 0. The second-order valence-electron chi connectivity index (χ2n) is 6.48. The lowest BCUT2D eigenvalue weighted by Crippen LogP contribution is -2.44. The first-order chi connectivity index (χ1) is 11.8. The summed E-state index contributed by atoms with van der Waals surface area (Å²) >= 11 is 1.68. The summed E-state index contributed by atoms with van der Waals surface area (Å²) in [6.07, 6.45) is 3.46. The molecule has 2 aromatic rings. The van der Waals surface area contributed by atoms with Crippen molar-refractivity contribution in [3.05, 3.63) is 40.7 Å². The molecular formula is C17H21N3O3S. The molecule has 0 bridgehead atoms. The molecule has 0 unspecified atom stereocenters. The van der Waals surface area contributed by atoms with Gasteiger partial charge in [0.15, 0.2) is 0 Å². The van der Waals surface area contributed by atoms with Crippen LogP contribution in [0, 0.1) is 17.8 Å². The Morgan fingerprint density at radius 3 is 3.17 bits per heavy atom. The fourth-order valence-electron chi connectivity index (χ4n) is 3.73. The van der Waals surface area contributed by atoms with Crippen LogP contribution in [-0.4, -0.2) is 42.1 Å². The van der Waals surface area contributed by atoms with Crippen molar-refractivity contribution < 1.29 is 13.9 Å². The molecule has 0 saturated carbocycles. The average molecular weight is 347 g/mol. The molecule has 128 valence electrons. The maximum absolute atomic E-state index is 12.6. The zero-order valence-corrected chi connectivity index (χ0v) is 14.2. The van der Waals surface area contributed by atoms with Gasteiger partial charge < -0.3 is 14.5 Å². The standard InChI is InChI=1S/C17H21N3O3S/c21-17(19-6-13-2-1-4-23-13)15-11-22-10-12-7-20(8-14(12)15)9-16-18-3-5-24-16/h1-5,12,14-15H,6-11H2,(H,19,21)/t12-,14-,15+/m0/s1. The van der Waals surface area contributed by atoms with E-state index in [0.717, 1.165) is 37.0 Å². The maximum Gasteiger partial charge on any atom is 0.226 e. The number of nitrogens with one attached hydrogen (secondary N) is 1. The van der Waals surface area contributed by atoms with Crippen molar-refractivity contribution in [3.63, 3.8) is 0 Å². The van der Waals surface area contributed by atoms with Crippen LogP contribution < -0.4 is 5.32 Å². The first-order valence-corrected chi connectivity index (χ1v) is 9.16. The van der Waals surface area contributed by atoms with Crippen LogP contribution in [0.3, 0.4) is 0 Å². The van der Waals surface area contributed by atoms with Gasteiger partial charge in [0.2, 0.25) is 5.91 Å². The van der Waals surface area contributed by atoms with E-state index < -0.39 is 0 Å². The quantitative estimate of drug-likeness (QED) is 0.892. The highest BCUT2D eigenvalue weighted by atomic mass is 32.1. The van der Waals surface area contributed by atoms with Crippen LogP contribution in [0.25, 0.3) is 0 Å². The molecule has 2 fully saturated rings. The Bertz CT molecular complexity index is 659. The molecule has 2 saturated heterocycles. The zero-order valence-electron chi connectivity index (χ0n) is 13.4. The summed E-state index contributed by atoms with van der Waals surface area (Å²) in [7, 11) is 0. The van der Waals surface area contributed by atoms with Gasteiger partial charge in [-0.1, -0.05) is 0 Å². The number of thiazole rings is 1. The topological polar surface area (TPSA) is 67.6 Å². The first kappa shape index (κ1) is 15.8. The molecule has 2 aliphatic heterocycles. The number of furan rings is 1. The second-order valence-corrected chi connectivity index (χ2v) is 7.46. The first-order valence-electron chi connectivity index (χ1n) is 8.28. The Morgan fingerprint density at radius 2 is 2.38 bits per heavy atom. The van der Waals surface area contributed by atoms with Crippen LogP contribution in [0.2, 0.25) is 0 Å². The van der Waals surface area contributed by atoms with E-state index in [0.29, 0.717) is 25.0 Å². The highest BCUT2D eigenvalue weighted by Gasteiger charge is 2.43. The molecule has 2 aromatic heterocycles. The van der Waals surface area contributed by atoms with E-state index in [1.165, 1.54) is 0 Å². The molecule has 0 radical (unpaired) electrons. The van der Waals surface area contributed by atoms with Crippen LogP contribution in [0.1, 0.15) is 10.8 Å². The largest absolute Gasteiger partial charge is 0.467 e. The molecule has 6 nitrogen and oxygen atoms in total. The molecular weight excluding hydrogens is 326 g/mol. The van der Waals surface area contributed by atoms with Crippen molar-refractivity contribution in [1.82, 2.24) is 15.2 Å². The van der Waals surface area contributed by atoms with E-state index >= 15 is 0 Å². The minimum Gasteiger partial charge on any atom is -0.467 e. The molecule has 2 aliphatic rings. The third-order valence-electron chi connectivity index (χ3n) is 4.91. The van der Waals surface area contributed by atoms with Crippen molar-refractivity contribution >= 4 is 17.2 Å². The van der Waals surface area contributed by atoms with E-state index in [-0.39, 0.29) is 11.8 Å². The normalized spacial score (nSPS) is 27.1. The molecule has 4 rings (SSSR count). The number of aromatic nitrogens is 1. The molecule has 0 aliphatic carbocycles. The van der Waals surface area contributed by atoms with Gasteiger partial charge in [0.05, 0.1) is 38.5 Å². The zero-order chi connectivity index (χ0) is 16.4. The minimum atomic E-state index is -0.0833. The summed E-state index contributed by atoms with van der Waals surface area (Å²) in [6.45, 7) is 4.48. The van der Waals surface area contributed by atoms with E-state index in [4.69, 9.17) is 9.15 Å². The number of likely N-dealkylation sites (tertiary alicyclic amines) is 1. The van der Waals surface area contributed by atoms with E-state index in [1.54, 1.807) is 17.6 Å². The molecule has 0 aromatic carbocycles. The smallest absolute Gasteiger partial charge is 0.226 e. The van der Waals surface area contributed by atoms with Gasteiger partial charge in [-0.25, -0.2) is 4.98 Å². The van der Waals surface area contributed by atoms with Gasteiger partial charge in [-0.05, 0) is 24.0 Å². The molecule has 24 heavy (non-hydrogen) atoms. The van der Waals surface area contributed by atoms with Crippen LogP contribution in [0.5, 0.6) is 0 Å². The lowest BCUT2D eigenvalue weighted by molar-refractivity contribution is -0.133. The molecule has 0 spiro atoms. The Kier molecular flexibility index (Phi) is 4.64. The summed E-state index contributed by atoms with van der Waals surface area (Å²) in [5.74, 6) is 1.54. The van der Waals surface area contributed by atoms with Crippen molar-refractivity contribution in [2.45, 2.75) is 13.1 Å². The third kappa shape index (κ3) is 3.38. The highest BCUT2D eigenvalue weighted by molar-refractivity contribution is 7.09. The highest BCUT2D eigenvalue weighted by Crippen LogP contribution is 2.35. The van der Waals surface area contributed by atoms with Gasteiger partial charge in [-0.2, -0.15) is 0 Å². The Morgan fingerprint density at radius 1 is 1.42 bits per heavy atom. The maximum atomic E-state index is 12.6. The Hall–Kier alpha value is -1.70. The summed E-state index contributed by atoms with van der Waals surface area (Å²) in [6, 6.07) is 3.69. The summed E-state index contributed by atoms with van der Waals surface area (Å²) in [5, 5.41) is 6.13. The number of hydrogen-bond donors (Lipinski definition) is 1. The second kappa shape index (κ2) is 7.04. The van der Waals surface area contributed by atoms with Crippen LogP contribution in [0.15, 0.2) is 34.4 Å². The van der Waals surface area contributed by atoms with Crippen LogP contribution >= 0.6 is 11.3 Å². The predicted molar refractivity (Wildman–Crippen MR) is 89.2 cm³/mol. The number of fused-ring (bicyclic) bond motifs is 1. The molecule has 4 heterocycles. The lowest BCUT2D eigenvalue weighted by atomic mass is 9.82. The average Bonchev–Trinajstić information content (AvgIpc) is 3.33. The van der Waals surface area contributed by atoms with Crippen molar-refractivity contribution in [1.29, 1.82) is 0 Å². The summed E-state index contributed by atoms with van der Waals surface area (Å²) < 4.78 is 11.0. The number of hydrogen-bond acceptors (Lipinski definition) is 6. The number of amides is 1. The van der Waals surface area contributed by atoms with E-state index in [2.05, 4.69) is 15.2 Å². The number of carbonyl (C=O) groups excluding carboxylic acids is 1. The molecule has 1 amide bonds. The SMILES string of the molecule is O=C(NCc1ccco1)[C@@H]1COC[C@@H]2CN(Cc3nccs3)C[C@@H]21.